The van der Waals surface area contributed by atoms with Crippen LogP contribution in [0.15, 0.2) is 0 Å². The zero-order valence-electron chi connectivity index (χ0n) is 8.15. The zero-order chi connectivity index (χ0) is 9.07. The number of rotatable bonds is 9. The van der Waals surface area contributed by atoms with Crippen molar-refractivity contribution >= 4 is 23.4 Å². The summed E-state index contributed by atoms with van der Waals surface area (Å²) in [6.07, 6.45) is 9.79. The lowest BCUT2D eigenvalue weighted by molar-refractivity contribution is 0.603. The normalized spacial score (nSPS) is 10.5. The van der Waals surface area contributed by atoms with E-state index in [-0.39, 0.29) is 0 Å². The molecule has 0 fully saturated rings. The lowest BCUT2D eigenvalue weighted by Crippen LogP contribution is -1.82. The second-order valence-electron chi connectivity index (χ2n) is 3.14. The second-order valence-corrected chi connectivity index (χ2v) is 4.83. The summed E-state index contributed by atoms with van der Waals surface area (Å²) < 4.78 is 0. The summed E-state index contributed by atoms with van der Waals surface area (Å²) in [7, 11) is 0. The number of unbranched alkanes of at least 4 members (excludes halogenated alkanes) is 6. The van der Waals surface area contributed by atoms with Gasteiger partial charge in [-0.2, -0.15) is 0 Å². The Morgan fingerprint density at radius 3 is 2.08 bits per heavy atom. The third-order valence-corrected chi connectivity index (χ3v) is 3.16. The predicted octanol–water partition coefficient (Wildman–Crippen LogP) is 4.67. The highest BCUT2D eigenvalue weighted by Gasteiger charge is 1.90. The van der Waals surface area contributed by atoms with E-state index in [0.717, 1.165) is 5.21 Å². The largest absolute Gasteiger partial charge is 0.146 e. The number of thioether (sulfide) groups is 1. The van der Waals surface area contributed by atoms with Crippen LogP contribution in [0, 0.1) is 0 Å². The molecule has 0 atom stereocenters. The first-order chi connectivity index (χ1) is 5.91. The summed E-state index contributed by atoms with van der Waals surface area (Å²) in [6.45, 7) is 2.26. The second kappa shape index (κ2) is 11.6. The van der Waals surface area contributed by atoms with E-state index >= 15 is 0 Å². The van der Waals surface area contributed by atoms with Crippen LogP contribution in [0.25, 0.3) is 0 Å². The van der Waals surface area contributed by atoms with Crippen molar-refractivity contribution in [2.24, 2.45) is 0 Å². The van der Waals surface area contributed by atoms with Gasteiger partial charge in [-0.15, -0.1) is 23.4 Å². The van der Waals surface area contributed by atoms with Crippen LogP contribution in [-0.2, 0) is 0 Å². The van der Waals surface area contributed by atoms with E-state index < -0.39 is 0 Å². The third-order valence-electron chi connectivity index (χ3n) is 1.97. The van der Waals surface area contributed by atoms with Gasteiger partial charge >= 0.3 is 0 Å². The average molecular weight is 209 g/mol. The SMILES string of the molecule is CCCCCCCCCSCCl. The number of alkyl halides is 1. The molecule has 0 saturated heterocycles. The molecule has 0 radical (unpaired) electrons. The van der Waals surface area contributed by atoms with Gasteiger partial charge in [-0.05, 0) is 12.2 Å². The average Bonchev–Trinajstić information content (AvgIpc) is 2.10. The van der Waals surface area contributed by atoms with Crippen LogP contribution >= 0.6 is 23.4 Å². The third kappa shape index (κ3) is 10.6. The van der Waals surface area contributed by atoms with Crippen LogP contribution in [0.1, 0.15) is 51.9 Å². The van der Waals surface area contributed by atoms with E-state index in [1.165, 1.54) is 50.7 Å². The summed E-state index contributed by atoms with van der Waals surface area (Å²) in [4.78, 5) is 0. The fourth-order valence-corrected chi connectivity index (χ4v) is 2.06. The molecule has 0 nitrogen and oxygen atoms in total. The van der Waals surface area contributed by atoms with Gasteiger partial charge in [0.25, 0.3) is 0 Å². The molecule has 0 aliphatic heterocycles. The zero-order valence-corrected chi connectivity index (χ0v) is 9.72. The van der Waals surface area contributed by atoms with E-state index in [4.69, 9.17) is 11.6 Å². The number of hydrogen-bond donors (Lipinski definition) is 0. The Balaban J connectivity index is 2.73. The summed E-state index contributed by atoms with van der Waals surface area (Å²) in [5.74, 6) is 1.25. The lowest BCUT2D eigenvalue weighted by Gasteiger charge is -1.99. The molecule has 0 saturated carbocycles. The first-order valence-electron chi connectivity index (χ1n) is 5.05. The van der Waals surface area contributed by atoms with Crippen LogP contribution in [0.2, 0.25) is 0 Å². The summed E-state index contributed by atoms with van der Waals surface area (Å²) in [6, 6.07) is 0. The van der Waals surface area contributed by atoms with Crippen molar-refractivity contribution < 1.29 is 0 Å². The minimum atomic E-state index is 0.760. The molecule has 0 unspecified atom stereocenters. The summed E-state index contributed by atoms with van der Waals surface area (Å²) >= 11 is 7.39. The van der Waals surface area contributed by atoms with Crippen molar-refractivity contribution in [3.63, 3.8) is 0 Å². The molecule has 0 N–H and O–H groups in total. The Bertz CT molecular complexity index is 66.2. The van der Waals surface area contributed by atoms with Gasteiger partial charge in [0, 0.05) is 0 Å². The summed E-state index contributed by atoms with van der Waals surface area (Å²) in [5.41, 5.74) is 0. The van der Waals surface area contributed by atoms with Crippen LogP contribution in [0.5, 0.6) is 0 Å². The van der Waals surface area contributed by atoms with Gasteiger partial charge in [-0.1, -0.05) is 45.4 Å². The highest BCUT2D eigenvalue weighted by Crippen LogP contribution is 2.10. The number of halogens is 1. The maximum atomic E-state index is 5.55. The minimum absolute atomic E-state index is 0.760. The fraction of sp³-hybridized carbons (Fsp3) is 1.00. The van der Waals surface area contributed by atoms with Crippen LogP contribution in [0.3, 0.4) is 0 Å². The number of hydrogen-bond acceptors (Lipinski definition) is 1. The van der Waals surface area contributed by atoms with Crippen molar-refractivity contribution in [2.45, 2.75) is 51.9 Å². The van der Waals surface area contributed by atoms with Crippen molar-refractivity contribution in [3.05, 3.63) is 0 Å². The molecule has 0 aromatic heterocycles. The molecule has 74 valence electrons. The molecular formula is C10H21ClS. The molecule has 12 heavy (non-hydrogen) atoms. The van der Waals surface area contributed by atoms with E-state index in [1.54, 1.807) is 0 Å². The molecule has 0 aliphatic carbocycles. The Kier molecular flexibility index (Phi) is 12.3. The van der Waals surface area contributed by atoms with Gasteiger partial charge in [0.15, 0.2) is 0 Å². The van der Waals surface area contributed by atoms with Crippen molar-refractivity contribution in [1.82, 2.24) is 0 Å². The Morgan fingerprint density at radius 1 is 0.917 bits per heavy atom. The van der Waals surface area contributed by atoms with Crippen LogP contribution in [0.4, 0.5) is 0 Å². The van der Waals surface area contributed by atoms with Gasteiger partial charge in [0.05, 0.1) is 5.21 Å². The van der Waals surface area contributed by atoms with Crippen LogP contribution in [-0.4, -0.2) is 11.0 Å². The lowest BCUT2D eigenvalue weighted by atomic mass is 10.1. The molecular weight excluding hydrogens is 188 g/mol. The Labute approximate surface area is 86.5 Å². The molecule has 0 bridgehead atoms. The summed E-state index contributed by atoms with van der Waals surface area (Å²) in [5, 5.41) is 0.760. The molecule has 0 rings (SSSR count). The van der Waals surface area contributed by atoms with Crippen molar-refractivity contribution in [3.8, 4) is 0 Å². The Hall–Kier alpha value is 0.640. The first-order valence-corrected chi connectivity index (χ1v) is 6.74. The van der Waals surface area contributed by atoms with Gasteiger partial charge in [0.1, 0.15) is 0 Å². The van der Waals surface area contributed by atoms with Gasteiger partial charge in [0.2, 0.25) is 0 Å². The highest BCUT2D eigenvalue weighted by atomic mass is 35.5. The van der Waals surface area contributed by atoms with E-state index in [9.17, 15) is 0 Å². The fourth-order valence-electron chi connectivity index (χ4n) is 1.22. The van der Waals surface area contributed by atoms with Crippen molar-refractivity contribution in [2.75, 3.05) is 11.0 Å². The van der Waals surface area contributed by atoms with Crippen molar-refractivity contribution in [1.29, 1.82) is 0 Å². The molecule has 0 aromatic carbocycles. The minimum Gasteiger partial charge on any atom is -0.146 e. The topological polar surface area (TPSA) is 0 Å². The van der Waals surface area contributed by atoms with Gasteiger partial charge in [-0.25, -0.2) is 0 Å². The molecule has 2 heteroatoms. The van der Waals surface area contributed by atoms with Crippen LogP contribution < -0.4 is 0 Å². The van der Waals surface area contributed by atoms with Gasteiger partial charge in [-0.3, -0.25) is 0 Å². The van der Waals surface area contributed by atoms with E-state index in [0.29, 0.717) is 0 Å². The molecule has 0 amide bonds. The maximum Gasteiger partial charge on any atom is 0.0680 e. The van der Waals surface area contributed by atoms with Gasteiger partial charge < -0.3 is 0 Å². The van der Waals surface area contributed by atoms with E-state index in [2.05, 4.69) is 6.92 Å². The molecule has 0 spiro atoms. The quantitative estimate of drug-likeness (QED) is 0.392. The first kappa shape index (κ1) is 12.6. The Morgan fingerprint density at radius 2 is 1.50 bits per heavy atom. The molecule has 0 heterocycles. The monoisotopic (exact) mass is 208 g/mol. The molecule has 0 aliphatic rings. The standard InChI is InChI=1S/C10H21ClS/c1-2-3-4-5-6-7-8-9-12-10-11/h2-10H2,1H3. The smallest absolute Gasteiger partial charge is 0.0680 e. The maximum absolute atomic E-state index is 5.55. The predicted molar refractivity (Wildman–Crippen MR) is 61.2 cm³/mol. The molecule has 0 aromatic rings. The van der Waals surface area contributed by atoms with E-state index in [1.807, 2.05) is 11.8 Å². The highest BCUT2D eigenvalue weighted by molar-refractivity contribution is 8.00.